The van der Waals surface area contributed by atoms with Gasteiger partial charge in [-0.2, -0.15) is 0 Å². The van der Waals surface area contributed by atoms with Crippen molar-refractivity contribution < 1.29 is 34.1 Å². The summed E-state index contributed by atoms with van der Waals surface area (Å²) < 4.78 is 12.6. The minimum absolute atomic E-state index is 0.0116. The van der Waals surface area contributed by atoms with Crippen molar-refractivity contribution >= 4 is 137 Å². The molecule has 0 amide bonds. The van der Waals surface area contributed by atoms with Crippen molar-refractivity contribution in [1.29, 1.82) is 0 Å². The largest absolute Gasteiger partial charge is 0.476 e. The molecule has 0 aromatic carbocycles. The number of aromatic carboxylic acids is 1. The molecule has 5 aromatic rings. The average Bonchev–Trinajstić information content (AvgIpc) is 3.16. The number of carboxylic acids is 1. The van der Waals surface area contributed by atoms with Crippen molar-refractivity contribution in [3.63, 3.8) is 0 Å². The predicted octanol–water partition coefficient (Wildman–Crippen LogP) is 11.1. The Hall–Kier alpha value is -2.42. The van der Waals surface area contributed by atoms with E-state index >= 15 is 0 Å². The third-order valence-corrected chi connectivity index (χ3v) is 10.3. The van der Waals surface area contributed by atoms with Gasteiger partial charge in [-0.25, -0.2) is 29.3 Å². The fraction of sp³-hybridized carbons (Fsp3) is 0.200. The molecule has 0 radical (unpaired) electrons. The highest BCUT2D eigenvalue weighted by molar-refractivity contribution is 9.11. The first kappa shape index (κ1) is 50.6. The molecule has 0 aliphatic rings. The summed E-state index contributed by atoms with van der Waals surface area (Å²) in [7, 11) is 2.62. The number of nitrogens with zero attached hydrogens (tertiary/aromatic N) is 5. The zero-order chi connectivity index (χ0) is 41.8. The van der Waals surface area contributed by atoms with E-state index in [9.17, 15) is 14.4 Å². The number of aliphatic hydroxyl groups is 1. The summed E-state index contributed by atoms with van der Waals surface area (Å²) in [5, 5.41) is 18.5. The van der Waals surface area contributed by atoms with Crippen LogP contribution in [0.4, 0.5) is 0 Å². The van der Waals surface area contributed by atoms with Crippen molar-refractivity contribution in [1.82, 2.24) is 24.9 Å². The fourth-order valence-corrected chi connectivity index (χ4v) is 6.36. The number of aromatic nitrogens is 5. The van der Waals surface area contributed by atoms with E-state index in [0.717, 1.165) is 37.1 Å². The smallest absolute Gasteiger partial charge is 0.357 e. The molecule has 294 valence electrons. The molecule has 0 bridgehead atoms. The Bertz CT molecular complexity index is 1970. The highest BCUT2D eigenvalue weighted by Crippen LogP contribution is 2.20. The van der Waals surface area contributed by atoms with Gasteiger partial charge in [0.1, 0.15) is 10.3 Å². The summed E-state index contributed by atoms with van der Waals surface area (Å²) in [4.78, 5) is 52.3. The maximum absolute atomic E-state index is 11.1. The molecule has 2 N–H and O–H groups in total. The summed E-state index contributed by atoms with van der Waals surface area (Å²) in [6.07, 6.45) is 0. The quantitative estimate of drug-likeness (QED) is 0.0970. The Balaban J connectivity index is 0.000000344. The van der Waals surface area contributed by atoms with Crippen LogP contribution in [-0.4, -0.2) is 67.3 Å². The van der Waals surface area contributed by atoms with Gasteiger partial charge in [-0.05, 0) is 161 Å². The van der Waals surface area contributed by atoms with Crippen molar-refractivity contribution in [2.24, 2.45) is 0 Å². The van der Waals surface area contributed by atoms with E-state index in [0.29, 0.717) is 24.8 Å². The lowest BCUT2D eigenvalue weighted by molar-refractivity contribution is 0.0584. The lowest BCUT2D eigenvalue weighted by Gasteiger charge is -2.01. The van der Waals surface area contributed by atoms with Crippen LogP contribution in [0, 0.1) is 20.8 Å². The molecule has 20 heteroatoms. The Morgan fingerprint density at radius 3 is 1.27 bits per heavy atom. The van der Waals surface area contributed by atoms with E-state index in [1.807, 2.05) is 51.1 Å². The van der Waals surface area contributed by atoms with E-state index in [1.54, 1.807) is 24.3 Å². The van der Waals surface area contributed by atoms with Crippen LogP contribution in [0.25, 0.3) is 0 Å². The third-order valence-electron chi connectivity index (χ3n) is 5.96. The Kier molecular flexibility index (Phi) is 24.4. The van der Waals surface area contributed by atoms with E-state index in [1.165, 1.54) is 20.3 Å². The number of rotatable bonds is 5. The first-order valence-corrected chi connectivity index (χ1v) is 20.8. The van der Waals surface area contributed by atoms with Crippen LogP contribution in [0.5, 0.6) is 0 Å². The highest BCUT2D eigenvalue weighted by atomic mass is 79.9. The van der Waals surface area contributed by atoms with Gasteiger partial charge >= 0.3 is 17.9 Å². The third kappa shape index (κ3) is 18.6. The zero-order valence-electron chi connectivity index (χ0n) is 29.4. The van der Waals surface area contributed by atoms with Crippen LogP contribution in [-0.2, 0) is 21.4 Å². The maximum atomic E-state index is 11.1. The zero-order valence-corrected chi connectivity index (χ0v) is 40.4. The number of esters is 2. The molecule has 0 aliphatic heterocycles. The molecule has 5 aromatic heterocycles. The number of hydrogen-bond acceptors (Lipinski definition) is 11. The number of alkyl halides is 1. The van der Waals surface area contributed by atoms with Crippen LogP contribution >= 0.6 is 119 Å². The predicted molar refractivity (Wildman–Crippen MR) is 232 cm³/mol. The number of hydrogen-bond donors (Lipinski definition) is 2. The number of ether oxygens (including phenoxy) is 2. The van der Waals surface area contributed by atoms with Gasteiger partial charge in [0, 0.05) is 31.4 Å². The molecule has 5 rings (SSSR count). The molecule has 0 saturated heterocycles. The molecule has 0 spiro atoms. The van der Waals surface area contributed by atoms with Gasteiger partial charge in [-0.15, -0.1) is 0 Å². The fourth-order valence-electron chi connectivity index (χ4n) is 3.40. The van der Waals surface area contributed by atoms with Crippen LogP contribution < -0.4 is 0 Å². The summed E-state index contributed by atoms with van der Waals surface area (Å²) >= 11 is 30.4. The molecule has 0 unspecified atom stereocenters. The number of aryl methyl sites for hydroxylation is 3. The molecule has 55 heavy (non-hydrogen) atoms. The normalized spacial score (nSPS) is 9.71. The maximum Gasteiger partial charge on any atom is 0.357 e. The van der Waals surface area contributed by atoms with Crippen molar-refractivity contribution in [2.45, 2.75) is 32.7 Å². The Labute approximate surface area is 378 Å². The van der Waals surface area contributed by atoms with Crippen LogP contribution in [0.1, 0.15) is 59.9 Å². The van der Waals surface area contributed by atoms with Crippen molar-refractivity contribution in [3.05, 3.63) is 139 Å². The van der Waals surface area contributed by atoms with Gasteiger partial charge in [-0.3, -0.25) is 9.97 Å². The number of carbonyl (C=O) groups excluding carboxylic acids is 2. The monoisotopic (exact) mass is 1180 g/mol. The van der Waals surface area contributed by atoms with E-state index in [4.69, 9.17) is 33.4 Å². The second-order valence-electron chi connectivity index (χ2n) is 10.1. The minimum Gasteiger partial charge on any atom is -0.476 e. The molecule has 0 aliphatic carbocycles. The molecule has 0 saturated carbocycles. The topological polar surface area (TPSA) is 175 Å². The SMILES string of the molecule is COC(=O)c1nc(C)ccc1Br.COC(=O)c1nc(Cl)ccc1Br.Cc1ccc(Br)c(CBr)n1.Cc1ccc(Br)c(CO)n1.O=C(O)c1nc(Cl)ccc1Br. The van der Waals surface area contributed by atoms with Crippen LogP contribution in [0.2, 0.25) is 10.3 Å². The first-order valence-electron chi connectivity index (χ1n) is 15.0. The summed E-state index contributed by atoms with van der Waals surface area (Å²) in [5.41, 5.74) is 4.95. The number of carbonyl (C=O) groups is 3. The van der Waals surface area contributed by atoms with Gasteiger partial charge in [0.2, 0.25) is 0 Å². The van der Waals surface area contributed by atoms with Gasteiger partial charge < -0.3 is 19.7 Å². The second kappa shape index (κ2) is 26.5. The van der Waals surface area contributed by atoms with E-state index in [2.05, 4.69) is 130 Å². The molecular formula is C35H31Br6Cl2N5O7. The van der Waals surface area contributed by atoms with Crippen molar-refractivity contribution in [2.75, 3.05) is 14.2 Å². The highest BCUT2D eigenvalue weighted by Gasteiger charge is 2.13. The molecule has 5 heterocycles. The van der Waals surface area contributed by atoms with Gasteiger partial charge in [0.05, 0.1) is 45.6 Å². The van der Waals surface area contributed by atoms with Crippen LogP contribution in [0.3, 0.4) is 0 Å². The minimum atomic E-state index is -1.10. The summed E-state index contributed by atoms with van der Waals surface area (Å²) in [5.74, 6) is -2.03. The van der Waals surface area contributed by atoms with E-state index < -0.39 is 17.9 Å². The lowest BCUT2D eigenvalue weighted by atomic mass is 10.3. The number of methoxy groups -OCH3 is 2. The number of carboxylic acid groups (broad SMARTS) is 1. The standard InChI is InChI=1S/C8H8BrNO2.C7H7Br2N.C7H5BrClNO2.C7H8BrNO.C6H3BrClNO2/c1-5-3-4-6(9)7(10-5)8(11)12-2;1-5-2-3-6(9)7(4-8)10-5;1-12-7(11)6-4(8)2-3-5(9)10-6;1-5-2-3-6(8)7(4-10)9-5;7-3-1-2-4(8)9-5(3)6(10)11/h3-4H,1-2H3;2-3H,4H2,1H3;2-3H,1H3;2-3,10H,4H2,1H3;1-2H,(H,10,11). The van der Waals surface area contributed by atoms with Crippen molar-refractivity contribution in [3.8, 4) is 0 Å². The second-order valence-corrected chi connectivity index (χ2v) is 15.7. The lowest BCUT2D eigenvalue weighted by Crippen LogP contribution is -2.05. The summed E-state index contributed by atoms with van der Waals surface area (Å²) in [6.45, 7) is 5.69. The van der Waals surface area contributed by atoms with Gasteiger partial charge in [0.25, 0.3) is 0 Å². The number of halogens is 8. The average molecular weight is 1180 g/mol. The van der Waals surface area contributed by atoms with E-state index in [-0.39, 0.29) is 28.3 Å². The van der Waals surface area contributed by atoms with Gasteiger partial charge in [-0.1, -0.05) is 39.1 Å². The summed E-state index contributed by atoms with van der Waals surface area (Å²) in [6, 6.07) is 17.6. The Morgan fingerprint density at radius 2 is 0.909 bits per heavy atom. The molecule has 12 nitrogen and oxygen atoms in total. The number of aliphatic hydroxyl groups excluding tert-OH is 1. The number of pyridine rings is 5. The van der Waals surface area contributed by atoms with Crippen LogP contribution in [0.15, 0.2) is 83.0 Å². The molecule has 0 atom stereocenters. The molecular weight excluding hydrogens is 1150 g/mol. The molecule has 0 fully saturated rings. The van der Waals surface area contributed by atoms with Gasteiger partial charge in [0.15, 0.2) is 17.1 Å². The Morgan fingerprint density at radius 1 is 0.564 bits per heavy atom. The first-order chi connectivity index (χ1) is 25.9.